The summed E-state index contributed by atoms with van der Waals surface area (Å²) < 4.78 is 0. The van der Waals surface area contributed by atoms with E-state index in [4.69, 9.17) is 34.7 Å². The van der Waals surface area contributed by atoms with Crippen LogP contribution in [0.4, 0.5) is 0 Å². The Morgan fingerprint density at radius 1 is 1.31 bits per heavy atom. The second kappa shape index (κ2) is 6.42. The second-order valence-electron chi connectivity index (χ2n) is 3.94. The molecule has 0 bridgehead atoms. The molecule has 0 aliphatic rings. The molecule has 0 radical (unpaired) electrons. The van der Waals surface area contributed by atoms with Crippen LogP contribution in [0.25, 0.3) is 0 Å². The molecule has 0 heterocycles. The first-order valence-electron chi connectivity index (χ1n) is 5.11. The average Bonchev–Trinajstić information content (AvgIpc) is 2.23. The lowest BCUT2D eigenvalue weighted by Crippen LogP contribution is -2.40. The van der Waals surface area contributed by atoms with E-state index in [1.807, 2.05) is 19.2 Å². The predicted octanol–water partition coefficient (Wildman–Crippen LogP) is 1.71. The zero-order valence-corrected chi connectivity index (χ0v) is 10.8. The summed E-state index contributed by atoms with van der Waals surface area (Å²) in [6.07, 6.45) is 0. The van der Waals surface area contributed by atoms with Crippen LogP contribution < -0.4 is 11.5 Å². The predicted molar refractivity (Wildman–Crippen MR) is 69.8 cm³/mol. The average molecular weight is 262 g/mol. The van der Waals surface area contributed by atoms with Gasteiger partial charge in [-0.25, -0.2) is 0 Å². The van der Waals surface area contributed by atoms with E-state index in [0.29, 0.717) is 16.6 Å². The first-order valence-corrected chi connectivity index (χ1v) is 5.86. The van der Waals surface area contributed by atoms with Gasteiger partial charge < -0.3 is 16.4 Å². The zero-order chi connectivity index (χ0) is 12.1. The summed E-state index contributed by atoms with van der Waals surface area (Å²) >= 11 is 11.8. The van der Waals surface area contributed by atoms with Gasteiger partial charge in [0, 0.05) is 25.7 Å². The molecule has 0 saturated heterocycles. The van der Waals surface area contributed by atoms with Gasteiger partial charge in [-0.1, -0.05) is 29.3 Å². The number of benzene rings is 1. The summed E-state index contributed by atoms with van der Waals surface area (Å²) in [7, 11) is 2.00. The third kappa shape index (κ3) is 4.28. The van der Waals surface area contributed by atoms with Crippen molar-refractivity contribution >= 4 is 23.2 Å². The Kier molecular flexibility index (Phi) is 5.52. The molecule has 3 nitrogen and oxygen atoms in total. The largest absolute Gasteiger partial charge is 0.329 e. The molecule has 5 heteroatoms. The molecule has 0 spiro atoms. The standard InChI is InChI=1S/C11H17Cl2N3/c1-16(7-9(15)5-14)6-8-2-3-10(12)11(13)4-8/h2-4,9H,5-7,14-15H2,1H3. The number of hydrogen-bond acceptors (Lipinski definition) is 3. The van der Waals surface area contributed by atoms with E-state index in [9.17, 15) is 0 Å². The molecule has 1 unspecified atom stereocenters. The van der Waals surface area contributed by atoms with E-state index in [1.54, 1.807) is 6.07 Å². The highest BCUT2D eigenvalue weighted by atomic mass is 35.5. The number of nitrogens with zero attached hydrogens (tertiary/aromatic N) is 1. The number of rotatable bonds is 5. The fourth-order valence-corrected chi connectivity index (χ4v) is 1.81. The second-order valence-corrected chi connectivity index (χ2v) is 4.76. The molecule has 1 rings (SSSR count). The molecule has 0 aliphatic carbocycles. The van der Waals surface area contributed by atoms with Crippen LogP contribution in [0.2, 0.25) is 10.0 Å². The van der Waals surface area contributed by atoms with Gasteiger partial charge in [0.25, 0.3) is 0 Å². The van der Waals surface area contributed by atoms with Crippen molar-refractivity contribution in [3.05, 3.63) is 33.8 Å². The molecule has 0 aliphatic heterocycles. The minimum atomic E-state index is 0.00720. The topological polar surface area (TPSA) is 55.3 Å². The lowest BCUT2D eigenvalue weighted by Gasteiger charge is -2.20. The van der Waals surface area contributed by atoms with E-state index in [2.05, 4.69) is 4.90 Å². The minimum absolute atomic E-state index is 0.00720. The maximum Gasteiger partial charge on any atom is 0.0595 e. The Morgan fingerprint density at radius 2 is 2.00 bits per heavy atom. The van der Waals surface area contributed by atoms with Crippen molar-refractivity contribution in [2.24, 2.45) is 11.5 Å². The van der Waals surface area contributed by atoms with Gasteiger partial charge in [0.1, 0.15) is 0 Å². The van der Waals surface area contributed by atoms with Crippen molar-refractivity contribution in [3.8, 4) is 0 Å². The van der Waals surface area contributed by atoms with Crippen molar-refractivity contribution in [2.75, 3.05) is 20.1 Å². The lowest BCUT2D eigenvalue weighted by atomic mass is 10.2. The van der Waals surface area contributed by atoms with Crippen molar-refractivity contribution in [1.29, 1.82) is 0 Å². The molecule has 0 fully saturated rings. The molecule has 90 valence electrons. The molecular weight excluding hydrogens is 245 g/mol. The number of hydrogen-bond donors (Lipinski definition) is 2. The normalized spacial score (nSPS) is 13.1. The molecule has 16 heavy (non-hydrogen) atoms. The van der Waals surface area contributed by atoms with E-state index < -0.39 is 0 Å². The zero-order valence-electron chi connectivity index (χ0n) is 9.29. The van der Waals surface area contributed by atoms with Gasteiger partial charge in [0.15, 0.2) is 0 Å². The maximum absolute atomic E-state index is 5.94. The number of nitrogens with two attached hydrogens (primary N) is 2. The molecule has 1 atom stereocenters. The Hall–Kier alpha value is -0.320. The third-order valence-corrected chi connectivity index (χ3v) is 3.02. The van der Waals surface area contributed by atoms with Crippen LogP contribution in [0, 0.1) is 0 Å². The lowest BCUT2D eigenvalue weighted by molar-refractivity contribution is 0.305. The minimum Gasteiger partial charge on any atom is -0.329 e. The quantitative estimate of drug-likeness (QED) is 0.849. The van der Waals surface area contributed by atoms with Crippen LogP contribution >= 0.6 is 23.2 Å². The summed E-state index contributed by atoms with van der Waals surface area (Å²) in [6, 6.07) is 5.64. The van der Waals surface area contributed by atoms with E-state index in [-0.39, 0.29) is 6.04 Å². The van der Waals surface area contributed by atoms with Crippen LogP contribution in [0.5, 0.6) is 0 Å². The van der Waals surface area contributed by atoms with Crippen molar-refractivity contribution < 1.29 is 0 Å². The fourth-order valence-electron chi connectivity index (χ4n) is 1.49. The van der Waals surface area contributed by atoms with Crippen molar-refractivity contribution in [2.45, 2.75) is 12.6 Å². The van der Waals surface area contributed by atoms with E-state index in [0.717, 1.165) is 18.7 Å². The number of likely N-dealkylation sites (N-methyl/N-ethyl adjacent to an activating group) is 1. The van der Waals surface area contributed by atoms with Gasteiger partial charge in [-0.05, 0) is 24.7 Å². The highest BCUT2D eigenvalue weighted by Gasteiger charge is 2.06. The Morgan fingerprint density at radius 3 is 2.56 bits per heavy atom. The summed E-state index contributed by atoms with van der Waals surface area (Å²) in [6.45, 7) is 2.03. The number of halogens is 2. The smallest absolute Gasteiger partial charge is 0.0595 e. The molecule has 4 N–H and O–H groups in total. The Balaban J connectivity index is 2.56. The van der Waals surface area contributed by atoms with E-state index in [1.165, 1.54) is 0 Å². The summed E-state index contributed by atoms with van der Waals surface area (Å²) in [5, 5.41) is 1.16. The molecule has 1 aromatic carbocycles. The van der Waals surface area contributed by atoms with Crippen LogP contribution in [0.1, 0.15) is 5.56 Å². The van der Waals surface area contributed by atoms with Gasteiger partial charge in [-0.3, -0.25) is 0 Å². The summed E-state index contributed by atoms with van der Waals surface area (Å²) in [5.41, 5.74) is 12.3. The molecule has 0 amide bonds. The first kappa shape index (κ1) is 13.7. The highest BCUT2D eigenvalue weighted by molar-refractivity contribution is 6.42. The molecular formula is C11H17Cl2N3. The van der Waals surface area contributed by atoms with E-state index >= 15 is 0 Å². The van der Waals surface area contributed by atoms with Gasteiger partial charge in [-0.2, -0.15) is 0 Å². The Bertz CT molecular complexity index is 344. The van der Waals surface area contributed by atoms with Crippen LogP contribution in [0.15, 0.2) is 18.2 Å². The Labute approximate surface area is 106 Å². The van der Waals surface area contributed by atoms with Gasteiger partial charge in [0.2, 0.25) is 0 Å². The summed E-state index contributed by atoms with van der Waals surface area (Å²) in [4.78, 5) is 2.11. The van der Waals surface area contributed by atoms with Crippen molar-refractivity contribution in [1.82, 2.24) is 4.90 Å². The SMILES string of the molecule is CN(Cc1ccc(Cl)c(Cl)c1)CC(N)CN. The molecule has 0 saturated carbocycles. The molecule has 1 aromatic rings. The van der Waals surface area contributed by atoms with Crippen LogP contribution in [-0.4, -0.2) is 31.1 Å². The third-order valence-electron chi connectivity index (χ3n) is 2.29. The van der Waals surface area contributed by atoms with Crippen LogP contribution in [0.3, 0.4) is 0 Å². The maximum atomic E-state index is 5.94. The fraction of sp³-hybridized carbons (Fsp3) is 0.455. The first-order chi connectivity index (χ1) is 7.52. The highest BCUT2D eigenvalue weighted by Crippen LogP contribution is 2.22. The van der Waals surface area contributed by atoms with Gasteiger partial charge >= 0.3 is 0 Å². The van der Waals surface area contributed by atoms with Crippen molar-refractivity contribution in [3.63, 3.8) is 0 Å². The van der Waals surface area contributed by atoms with Gasteiger partial charge in [0.05, 0.1) is 10.0 Å². The van der Waals surface area contributed by atoms with Gasteiger partial charge in [-0.15, -0.1) is 0 Å². The van der Waals surface area contributed by atoms with Crippen LogP contribution in [-0.2, 0) is 6.54 Å². The molecule has 0 aromatic heterocycles. The monoisotopic (exact) mass is 261 g/mol. The summed E-state index contributed by atoms with van der Waals surface area (Å²) in [5.74, 6) is 0.